The van der Waals surface area contributed by atoms with Crippen molar-refractivity contribution in [3.63, 3.8) is 0 Å². The van der Waals surface area contributed by atoms with E-state index < -0.39 is 0 Å². The zero-order valence-corrected chi connectivity index (χ0v) is 18.4. The molecule has 4 rings (SSSR count). The minimum absolute atomic E-state index is 0.0119. The highest BCUT2D eigenvalue weighted by molar-refractivity contribution is 5.77. The molecule has 1 N–H and O–H groups in total. The van der Waals surface area contributed by atoms with E-state index in [9.17, 15) is 9.59 Å². The van der Waals surface area contributed by atoms with E-state index in [0.717, 1.165) is 36.3 Å². The second-order valence-corrected chi connectivity index (χ2v) is 9.26. The van der Waals surface area contributed by atoms with E-state index in [1.54, 1.807) is 6.26 Å². The number of carbonyl (C=O) groups excluding carboxylic acids is 2. The first-order valence-corrected chi connectivity index (χ1v) is 11.3. The van der Waals surface area contributed by atoms with Gasteiger partial charge in [-0.3, -0.25) is 9.59 Å². The van der Waals surface area contributed by atoms with Gasteiger partial charge in [-0.05, 0) is 36.1 Å². The Morgan fingerprint density at radius 1 is 1.16 bits per heavy atom. The molecule has 1 spiro atoms. The summed E-state index contributed by atoms with van der Waals surface area (Å²) in [7, 11) is 0. The molecule has 1 fully saturated rings. The topological polar surface area (TPSA) is 71.8 Å². The molecule has 6 heteroatoms. The summed E-state index contributed by atoms with van der Waals surface area (Å²) in [6.45, 7) is 5.98. The van der Waals surface area contributed by atoms with Crippen molar-refractivity contribution >= 4 is 11.8 Å². The summed E-state index contributed by atoms with van der Waals surface area (Å²) in [6, 6.07) is 11.7. The van der Waals surface area contributed by atoms with Crippen molar-refractivity contribution in [1.82, 2.24) is 10.2 Å². The molecule has 2 aliphatic heterocycles. The van der Waals surface area contributed by atoms with Crippen molar-refractivity contribution in [1.29, 1.82) is 0 Å². The van der Waals surface area contributed by atoms with E-state index in [1.165, 1.54) is 0 Å². The van der Waals surface area contributed by atoms with Crippen molar-refractivity contribution < 1.29 is 18.7 Å². The summed E-state index contributed by atoms with van der Waals surface area (Å²) in [5, 5.41) is 2.97. The van der Waals surface area contributed by atoms with Crippen LogP contribution in [0.15, 0.2) is 47.1 Å². The number of hydrogen-bond donors (Lipinski definition) is 1. The van der Waals surface area contributed by atoms with E-state index in [-0.39, 0.29) is 23.3 Å². The van der Waals surface area contributed by atoms with Gasteiger partial charge in [-0.15, -0.1) is 0 Å². The highest BCUT2D eigenvalue weighted by Crippen LogP contribution is 2.46. The standard InChI is InChI=1S/C25H32N2O4/c1-18(2)14-24(29)27-11-9-25(10-12-27)16-19(21-7-3-4-8-22(21)31-25)15-23(28)26-17-20-6-5-13-30-20/h3-8,13,18-19H,9-12,14-17H2,1-2H3,(H,26,28)/t19-/m1/s1. The van der Waals surface area contributed by atoms with Crippen LogP contribution < -0.4 is 10.1 Å². The molecule has 3 heterocycles. The van der Waals surface area contributed by atoms with Crippen LogP contribution in [-0.2, 0) is 16.1 Å². The van der Waals surface area contributed by atoms with E-state index >= 15 is 0 Å². The Hall–Kier alpha value is -2.76. The number of benzene rings is 1. The maximum Gasteiger partial charge on any atom is 0.222 e. The van der Waals surface area contributed by atoms with E-state index in [4.69, 9.17) is 9.15 Å². The van der Waals surface area contributed by atoms with Crippen LogP contribution in [0.3, 0.4) is 0 Å². The number of carbonyl (C=O) groups is 2. The third kappa shape index (κ3) is 5.12. The highest BCUT2D eigenvalue weighted by atomic mass is 16.5. The lowest BCUT2D eigenvalue weighted by molar-refractivity contribution is -0.136. The van der Waals surface area contributed by atoms with Crippen LogP contribution in [0.4, 0.5) is 0 Å². The Morgan fingerprint density at radius 2 is 1.94 bits per heavy atom. The zero-order valence-electron chi connectivity index (χ0n) is 18.4. The van der Waals surface area contributed by atoms with Crippen molar-refractivity contribution in [3.8, 4) is 5.75 Å². The fraction of sp³-hybridized carbons (Fsp3) is 0.520. The lowest BCUT2D eigenvalue weighted by Crippen LogP contribution is -2.52. The van der Waals surface area contributed by atoms with Gasteiger partial charge in [0.2, 0.25) is 11.8 Å². The summed E-state index contributed by atoms with van der Waals surface area (Å²) in [4.78, 5) is 27.1. The zero-order chi connectivity index (χ0) is 21.8. The van der Waals surface area contributed by atoms with E-state index in [1.807, 2.05) is 35.2 Å². The van der Waals surface area contributed by atoms with Gasteiger partial charge in [0.05, 0.1) is 12.8 Å². The van der Waals surface area contributed by atoms with Crippen LogP contribution in [0.5, 0.6) is 5.75 Å². The molecule has 166 valence electrons. The number of hydrogen-bond acceptors (Lipinski definition) is 4. The van der Waals surface area contributed by atoms with Gasteiger partial charge in [-0.1, -0.05) is 32.0 Å². The minimum Gasteiger partial charge on any atom is -0.487 e. The number of likely N-dealkylation sites (tertiary alicyclic amines) is 1. The van der Waals surface area contributed by atoms with Crippen LogP contribution in [-0.4, -0.2) is 35.4 Å². The molecule has 2 aliphatic rings. The first-order chi connectivity index (χ1) is 14.9. The Bertz CT molecular complexity index is 898. The molecular formula is C25H32N2O4. The molecule has 2 aromatic rings. The Labute approximate surface area is 183 Å². The van der Waals surface area contributed by atoms with Gasteiger partial charge in [-0.25, -0.2) is 0 Å². The lowest BCUT2D eigenvalue weighted by Gasteiger charge is -2.47. The molecule has 31 heavy (non-hydrogen) atoms. The van der Waals surface area contributed by atoms with Crippen molar-refractivity contribution in [2.45, 2.75) is 64.0 Å². The number of piperidine rings is 1. The van der Waals surface area contributed by atoms with Gasteiger partial charge in [0.25, 0.3) is 0 Å². The van der Waals surface area contributed by atoms with Gasteiger partial charge in [0.1, 0.15) is 17.1 Å². The van der Waals surface area contributed by atoms with Crippen molar-refractivity contribution in [3.05, 3.63) is 54.0 Å². The SMILES string of the molecule is CC(C)CC(=O)N1CCC2(CC1)C[C@@H](CC(=O)NCc1ccco1)c1ccccc1O2. The van der Waals surface area contributed by atoms with Crippen LogP contribution >= 0.6 is 0 Å². The number of fused-ring (bicyclic) bond motifs is 1. The number of rotatable bonds is 6. The predicted octanol–water partition coefficient (Wildman–Crippen LogP) is 4.26. The van der Waals surface area contributed by atoms with Gasteiger partial charge >= 0.3 is 0 Å². The lowest BCUT2D eigenvalue weighted by atomic mass is 9.76. The van der Waals surface area contributed by atoms with Gasteiger partial charge < -0.3 is 19.4 Å². The molecule has 0 aliphatic carbocycles. The maximum atomic E-state index is 12.7. The van der Waals surface area contributed by atoms with Gasteiger partial charge in [-0.2, -0.15) is 0 Å². The number of para-hydroxylation sites is 1. The Kier molecular flexibility index (Phi) is 6.35. The first kappa shape index (κ1) is 21.5. The van der Waals surface area contributed by atoms with Crippen LogP contribution in [0.25, 0.3) is 0 Å². The molecule has 1 atom stereocenters. The summed E-state index contributed by atoms with van der Waals surface area (Å²) < 4.78 is 11.8. The number of nitrogens with one attached hydrogen (secondary N) is 1. The summed E-state index contributed by atoms with van der Waals surface area (Å²) in [5.74, 6) is 2.33. The van der Waals surface area contributed by atoms with Crippen molar-refractivity contribution in [2.24, 2.45) is 5.92 Å². The second kappa shape index (κ2) is 9.16. The molecule has 2 amide bonds. The number of ether oxygens (including phenoxy) is 1. The fourth-order valence-electron chi connectivity index (χ4n) is 4.77. The molecule has 0 unspecified atom stereocenters. The third-order valence-corrected chi connectivity index (χ3v) is 6.39. The molecule has 0 bridgehead atoms. The molecule has 6 nitrogen and oxygen atoms in total. The first-order valence-electron chi connectivity index (χ1n) is 11.3. The number of amides is 2. The molecule has 1 aromatic carbocycles. The molecular weight excluding hydrogens is 392 g/mol. The van der Waals surface area contributed by atoms with Crippen LogP contribution in [0.2, 0.25) is 0 Å². The number of nitrogens with zero attached hydrogens (tertiary/aromatic N) is 1. The molecule has 0 radical (unpaired) electrons. The van der Waals surface area contributed by atoms with Crippen LogP contribution in [0.1, 0.15) is 63.2 Å². The predicted molar refractivity (Wildman–Crippen MR) is 118 cm³/mol. The summed E-state index contributed by atoms with van der Waals surface area (Å²) in [5.41, 5.74) is 0.786. The average Bonchev–Trinajstić information content (AvgIpc) is 3.26. The minimum atomic E-state index is -0.311. The van der Waals surface area contributed by atoms with Crippen molar-refractivity contribution in [2.75, 3.05) is 13.1 Å². The van der Waals surface area contributed by atoms with E-state index in [2.05, 4.69) is 25.2 Å². The van der Waals surface area contributed by atoms with E-state index in [0.29, 0.717) is 38.4 Å². The normalized spacial score (nSPS) is 19.7. The van der Waals surface area contributed by atoms with Crippen LogP contribution in [0, 0.1) is 5.92 Å². The third-order valence-electron chi connectivity index (χ3n) is 6.39. The Balaban J connectivity index is 1.42. The highest BCUT2D eigenvalue weighted by Gasteiger charge is 2.44. The Morgan fingerprint density at radius 3 is 2.65 bits per heavy atom. The smallest absolute Gasteiger partial charge is 0.222 e. The molecule has 1 saturated heterocycles. The fourth-order valence-corrected chi connectivity index (χ4v) is 4.77. The van der Waals surface area contributed by atoms with Gasteiger partial charge in [0, 0.05) is 44.7 Å². The quantitative estimate of drug-likeness (QED) is 0.752. The number of furan rings is 1. The maximum absolute atomic E-state index is 12.7. The molecule has 1 aromatic heterocycles. The van der Waals surface area contributed by atoms with Gasteiger partial charge in [0.15, 0.2) is 0 Å². The largest absolute Gasteiger partial charge is 0.487 e. The molecule has 0 saturated carbocycles. The monoisotopic (exact) mass is 424 g/mol. The second-order valence-electron chi connectivity index (χ2n) is 9.26. The summed E-state index contributed by atoms with van der Waals surface area (Å²) in [6.07, 6.45) is 5.02. The summed E-state index contributed by atoms with van der Waals surface area (Å²) >= 11 is 0. The average molecular weight is 425 g/mol.